The van der Waals surface area contributed by atoms with Crippen LogP contribution in [0.4, 0.5) is 0 Å². The topological polar surface area (TPSA) is 76.0 Å². The molecule has 4 rings (SSSR count). The van der Waals surface area contributed by atoms with E-state index in [1.165, 1.54) is 16.2 Å². The highest BCUT2D eigenvalue weighted by molar-refractivity contribution is 7.32. The zero-order chi connectivity index (χ0) is 17.4. The Balaban J connectivity index is 1.62. The third kappa shape index (κ3) is 3.30. The van der Waals surface area contributed by atoms with Crippen molar-refractivity contribution in [1.29, 1.82) is 0 Å². The maximum Gasteiger partial charge on any atom is 0.694 e. The number of fused-ring (bicyclic) bond motifs is 3. The van der Waals surface area contributed by atoms with Gasteiger partial charge >= 0.3 is 8.25 Å². The molecule has 0 bridgehead atoms. The van der Waals surface area contributed by atoms with E-state index >= 15 is 0 Å². The standard InChI is InChI=1S/C19H17O5P/c20-17-10-18(24-19(17)11-23-25(21)22)14-7-8-16-13(9-14)6-5-12-3-1-2-4-15(12)16/h1-9,17-20H,10-11H2/p+1/t17-,18+,19+/m0/s1. The summed E-state index contributed by atoms with van der Waals surface area (Å²) >= 11 is 0. The monoisotopic (exact) mass is 357 g/mol. The molecule has 1 saturated heterocycles. The molecule has 1 heterocycles. The largest absolute Gasteiger partial charge is 0.694 e. The molecule has 1 aliphatic heterocycles. The minimum Gasteiger partial charge on any atom is -0.390 e. The van der Waals surface area contributed by atoms with Gasteiger partial charge in [0.15, 0.2) is 0 Å². The fourth-order valence-corrected chi connectivity index (χ4v) is 3.74. The van der Waals surface area contributed by atoms with E-state index in [-0.39, 0.29) is 12.7 Å². The molecule has 0 aromatic heterocycles. The Morgan fingerprint density at radius 1 is 1.08 bits per heavy atom. The summed E-state index contributed by atoms with van der Waals surface area (Å²) in [5, 5.41) is 14.8. The van der Waals surface area contributed by atoms with Crippen LogP contribution in [0.1, 0.15) is 18.1 Å². The van der Waals surface area contributed by atoms with E-state index in [0.717, 1.165) is 10.9 Å². The number of aliphatic hydroxyl groups excluding tert-OH is 1. The van der Waals surface area contributed by atoms with Gasteiger partial charge < -0.3 is 9.84 Å². The van der Waals surface area contributed by atoms with Gasteiger partial charge in [-0.2, -0.15) is 0 Å². The summed E-state index contributed by atoms with van der Waals surface area (Å²) in [6.45, 7) is -0.0956. The Kier molecular flexibility index (Phi) is 4.50. The summed E-state index contributed by atoms with van der Waals surface area (Å²) < 4.78 is 21.2. The first-order valence-electron chi connectivity index (χ1n) is 8.16. The van der Waals surface area contributed by atoms with Crippen LogP contribution in [0, 0.1) is 0 Å². The van der Waals surface area contributed by atoms with Crippen molar-refractivity contribution in [2.45, 2.75) is 24.7 Å². The van der Waals surface area contributed by atoms with E-state index < -0.39 is 20.5 Å². The van der Waals surface area contributed by atoms with Gasteiger partial charge in [0.25, 0.3) is 0 Å². The lowest BCUT2D eigenvalue weighted by molar-refractivity contribution is -0.0169. The third-order valence-electron chi connectivity index (χ3n) is 4.71. The van der Waals surface area contributed by atoms with Gasteiger partial charge in [0, 0.05) is 11.0 Å². The van der Waals surface area contributed by atoms with Crippen molar-refractivity contribution in [2.75, 3.05) is 6.61 Å². The molecule has 128 valence electrons. The number of hydrogen-bond acceptors (Lipinski definition) is 4. The smallest absolute Gasteiger partial charge is 0.390 e. The number of hydrogen-bond donors (Lipinski definition) is 2. The molecule has 1 unspecified atom stereocenters. The molecule has 1 fully saturated rings. The quantitative estimate of drug-likeness (QED) is 0.548. The second-order valence-electron chi connectivity index (χ2n) is 6.27. The van der Waals surface area contributed by atoms with Crippen LogP contribution < -0.4 is 0 Å². The second-order valence-corrected chi connectivity index (χ2v) is 7.00. The lowest BCUT2D eigenvalue weighted by Crippen LogP contribution is -2.25. The van der Waals surface area contributed by atoms with Crippen LogP contribution in [0.15, 0.2) is 54.6 Å². The van der Waals surface area contributed by atoms with Crippen LogP contribution in [0.25, 0.3) is 21.5 Å². The minimum atomic E-state index is -2.69. The fourth-order valence-electron chi connectivity index (χ4n) is 3.46. The minimum absolute atomic E-state index is 0.0956. The molecule has 0 aliphatic carbocycles. The second kappa shape index (κ2) is 6.79. The van der Waals surface area contributed by atoms with Gasteiger partial charge in [-0.15, -0.1) is 9.42 Å². The van der Waals surface area contributed by atoms with Crippen molar-refractivity contribution in [3.05, 3.63) is 60.2 Å². The van der Waals surface area contributed by atoms with Crippen LogP contribution in [0.2, 0.25) is 0 Å². The molecular weight excluding hydrogens is 339 g/mol. The summed E-state index contributed by atoms with van der Waals surface area (Å²) in [5.74, 6) is 0. The molecule has 3 aromatic rings. The van der Waals surface area contributed by atoms with Gasteiger partial charge in [0.1, 0.15) is 12.7 Å². The Morgan fingerprint density at radius 2 is 1.84 bits per heavy atom. The molecule has 0 amide bonds. The lowest BCUT2D eigenvalue weighted by Gasteiger charge is -2.13. The molecule has 3 aromatic carbocycles. The van der Waals surface area contributed by atoms with Gasteiger partial charge in [-0.3, -0.25) is 0 Å². The average Bonchev–Trinajstić information content (AvgIpc) is 3.00. The van der Waals surface area contributed by atoms with Gasteiger partial charge in [-0.25, -0.2) is 0 Å². The number of aliphatic hydroxyl groups is 1. The average molecular weight is 357 g/mol. The van der Waals surface area contributed by atoms with Crippen LogP contribution in [0.3, 0.4) is 0 Å². The summed E-state index contributed by atoms with van der Waals surface area (Å²) in [6.07, 6.45) is -1.12. The van der Waals surface area contributed by atoms with E-state index in [9.17, 15) is 9.67 Å². The summed E-state index contributed by atoms with van der Waals surface area (Å²) in [7, 11) is -2.69. The zero-order valence-electron chi connectivity index (χ0n) is 13.4. The highest BCUT2D eigenvalue weighted by Gasteiger charge is 2.37. The highest BCUT2D eigenvalue weighted by atomic mass is 31.1. The van der Waals surface area contributed by atoms with Crippen molar-refractivity contribution >= 4 is 29.8 Å². The molecule has 2 N–H and O–H groups in total. The highest BCUT2D eigenvalue weighted by Crippen LogP contribution is 2.36. The Bertz CT molecular complexity index is 941. The van der Waals surface area contributed by atoms with Gasteiger partial charge in [0.2, 0.25) is 0 Å². The summed E-state index contributed by atoms with van der Waals surface area (Å²) in [6, 6.07) is 18.6. The molecule has 0 saturated carbocycles. The van der Waals surface area contributed by atoms with Crippen LogP contribution in [0.5, 0.6) is 0 Å². The normalized spacial score (nSPS) is 24.1. The zero-order valence-corrected chi connectivity index (χ0v) is 14.3. The first-order chi connectivity index (χ1) is 12.1. The Hall–Kier alpha value is -1.88. The first-order valence-corrected chi connectivity index (χ1v) is 9.29. The lowest BCUT2D eigenvalue weighted by atomic mass is 9.97. The molecule has 25 heavy (non-hydrogen) atoms. The third-order valence-corrected chi connectivity index (χ3v) is 5.08. The molecule has 0 radical (unpaired) electrons. The first kappa shape index (κ1) is 16.6. The number of rotatable bonds is 4. The predicted octanol–water partition coefficient (Wildman–Crippen LogP) is 3.85. The fraction of sp³-hybridized carbons (Fsp3) is 0.263. The van der Waals surface area contributed by atoms with Crippen molar-refractivity contribution < 1.29 is 23.8 Å². The van der Waals surface area contributed by atoms with E-state index in [0.29, 0.717) is 6.42 Å². The van der Waals surface area contributed by atoms with Gasteiger partial charge in [-0.1, -0.05) is 48.5 Å². The van der Waals surface area contributed by atoms with E-state index in [2.05, 4.69) is 40.9 Å². The van der Waals surface area contributed by atoms with Crippen LogP contribution in [-0.4, -0.2) is 28.8 Å². The van der Waals surface area contributed by atoms with Crippen molar-refractivity contribution in [2.24, 2.45) is 0 Å². The summed E-state index contributed by atoms with van der Waals surface area (Å²) in [4.78, 5) is 8.74. The van der Waals surface area contributed by atoms with Gasteiger partial charge in [0.05, 0.1) is 12.2 Å². The SMILES string of the molecule is O=[P+](O)OC[C@H]1O[C@@H](c2ccc3c(ccc4ccccc43)c2)C[C@@H]1O. The molecule has 0 spiro atoms. The van der Waals surface area contributed by atoms with E-state index in [1.807, 2.05) is 18.2 Å². The van der Waals surface area contributed by atoms with Gasteiger partial charge in [-0.05, 0) is 33.2 Å². The molecular formula is C19H18O5P+. The van der Waals surface area contributed by atoms with E-state index in [1.54, 1.807) is 0 Å². The van der Waals surface area contributed by atoms with E-state index in [4.69, 9.17) is 9.63 Å². The van der Waals surface area contributed by atoms with Crippen molar-refractivity contribution in [1.82, 2.24) is 0 Å². The Morgan fingerprint density at radius 3 is 2.68 bits per heavy atom. The Labute approximate surface area is 145 Å². The molecule has 5 nitrogen and oxygen atoms in total. The maximum absolute atomic E-state index is 10.7. The van der Waals surface area contributed by atoms with Crippen molar-refractivity contribution in [3.63, 3.8) is 0 Å². The molecule has 4 atom stereocenters. The molecule has 1 aliphatic rings. The predicted molar refractivity (Wildman–Crippen MR) is 95.5 cm³/mol. The number of ether oxygens (including phenoxy) is 1. The summed E-state index contributed by atoms with van der Waals surface area (Å²) in [5.41, 5.74) is 0.984. The molecule has 6 heteroatoms. The van der Waals surface area contributed by atoms with Crippen LogP contribution in [-0.2, 0) is 13.8 Å². The van der Waals surface area contributed by atoms with Crippen molar-refractivity contribution in [3.8, 4) is 0 Å². The van der Waals surface area contributed by atoms with Crippen LogP contribution >= 0.6 is 8.25 Å². The number of benzene rings is 3. The maximum atomic E-state index is 10.7.